The lowest BCUT2D eigenvalue weighted by molar-refractivity contribution is 0.171. The maximum Gasteiger partial charge on any atom is 0.241 e. The van der Waals surface area contributed by atoms with Gasteiger partial charge in [0.05, 0.1) is 19.3 Å². The fourth-order valence-electron chi connectivity index (χ4n) is 3.52. The van der Waals surface area contributed by atoms with E-state index in [-0.39, 0.29) is 6.79 Å². The minimum atomic E-state index is 0.164. The first-order chi connectivity index (χ1) is 15.6. The third-order valence-electron chi connectivity index (χ3n) is 5.12. The quantitative estimate of drug-likeness (QED) is 0.426. The van der Waals surface area contributed by atoms with E-state index in [2.05, 4.69) is 15.1 Å². The molecule has 0 N–H and O–H groups in total. The minimum Gasteiger partial charge on any atom is -0.493 e. The summed E-state index contributed by atoms with van der Waals surface area (Å²) in [6, 6.07) is 13.4. The van der Waals surface area contributed by atoms with E-state index >= 15 is 0 Å². The number of methoxy groups -OCH3 is 1. The van der Waals surface area contributed by atoms with Crippen LogP contribution in [0.25, 0.3) is 22.8 Å². The summed E-state index contributed by atoms with van der Waals surface area (Å²) < 4.78 is 27.7. The molecule has 0 bridgehead atoms. The van der Waals surface area contributed by atoms with E-state index in [9.17, 15) is 0 Å². The molecule has 9 nitrogen and oxygen atoms in total. The van der Waals surface area contributed by atoms with Crippen LogP contribution in [-0.2, 0) is 13.1 Å². The second-order valence-corrected chi connectivity index (χ2v) is 7.48. The Labute approximate surface area is 184 Å². The van der Waals surface area contributed by atoms with Gasteiger partial charge in [-0.3, -0.25) is 4.90 Å². The molecule has 2 aromatic heterocycles. The van der Waals surface area contributed by atoms with E-state index < -0.39 is 0 Å². The normalized spacial score (nSPS) is 12.5. The van der Waals surface area contributed by atoms with Crippen molar-refractivity contribution >= 4 is 0 Å². The van der Waals surface area contributed by atoms with Crippen molar-refractivity contribution in [3.63, 3.8) is 0 Å². The first kappa shape index (κ1) is 20.1. The van der Waals surface area contributed by atoms with Crippen molar-refractivity contribution in [3.05, 3.63) is 59.8 Å². The van der Waals surface area contributed by atoms with Crippen LogP contribution < -0.4 is 14.2 Å². The molecular weight excluding hydrogens is 412 g/mol. The first-order valence-electron chi connectivity index (χ1n) is 10.1. The Morgan fingerprint density at radius 2 is 1.88 bits per heavy atom. The first-order valence-corrected chi connectivity index (χ1v) is 10.1. The van der Waals surface area contributed by atoms with Gasteiger partial charge < -0.3 is 23.2 Å². The molecule has 2 aromatic carbocycles. The summed E-state index contributed by atoms with van der Waals surface area (Å²) in [5.74, 6) is 4.12. The molecule has 0 radical (unpaired) electrons. The van der Waals surface area contributed by atoms with Crippen LogP contribution in [0.4, 0.5) is 0 Å². The van der Waals surface area contributed by atoms with Gasteiger partial charge in [-0.2, -0.15) is 4.98 Å². The van der Waals surface area contributed by atoms with E-state index in [4.69, 9.17) is 23.2 Å². The lowest BCUT2D eigenvalue weighted by Gasteiger charge is -2.12. The Hall–Kier alpha value is -3.85. The molecule has 0 spiro atoms. The van der Waals surface area contributed by atoms with Crippen molar-refractivity contribution in [1.29, 1.82) is 0 Å². The predicted molar refractivity (Wildman–Crippen MR) is 114 cm³/mol. The van der Waals surface area contributed by atoms with Gasteiger partial charge in [-0.15, -0.1) is 0 Å². The van der Waals surface area contributed by atoms with E-state index in [1.165, 1.54) is 0 Å². The molecular formula is C23H22N4O5. The monoisotopic (exact) mass is 434 g/mol. The van der Waals surface area contributed by atoms with Crippen LogP contribution in [0.1, 0.15) is 17.3 Å². The molecule has 9 heteroatoms. The van der Waals surface area contributed by atoms with E-state index in [1.54, 1.807) is 7.11 Å². The number of hydrogen-bond acceptors (Lipinski definition) is 9. The second-order valence-electron chi connectivity index (χ2n) is 7.48. The molecule has 0 amide bonds. The van der Waals surface area contributed by atoms with Crippen molar-refractivity contribution in [2.75, 3.05) is 21.0 Å². The molecule has 1 aliphatic heterocycles. The molecule has 0 atom stereocenters. The summed E-state index contributed by atoms with van der Waals surface area (Å²) in [6.45, 7) is 3.10. The number of nitrogens with zero attached hydrogens (tertiary/aromatic N) is 4. The van der Waals surface area contributed by atoms with Crippen molar-refractivity contribution in [2.45, 2.75) is 20.0 Å². The molecule has 0 saturated heterocycles. The average molecular weight is 434 g/mol. The van der Waals surface area contributed by atoms with Gasteiger partial charge in [0.1, 0.15) is 5.76 Å². The van der Waals surface area contributed by atoms with Gasteiger partial charge in [-0.25, -0.2) is 4.98 Å². The fourth-order valence-corrected chi connectivity index (χ4v) is 3.52. The molecule has 164 valence electrons. The summed E-state index contributed by atoms with van der Waals surface area (Å²) in [5, 5.41) is 4.07. The molecule has 1 aliphatic rings. The van der Waals surface area contributed by atoms with Crippen LogP contribution in [0.3, 0.4) is 0 Å². The van der Waals surface area contributed by atoms with Gasteiger partial charge in [0.25, 0.3) is 0 Å². The van der Waals surface area contributed by atoms with Crippen LogP contribution in [0.15, 0.2) is 51.4 Å². The lowest BCUT2D eigenvalue weighted by Crippen LogP contribution is -2.18. The molecule has 32 heavy (non-hydrogen) atoms. The van der Waals surface area contributed by atoms with Crippen LogP contribution in [0, 0.1) is 6.92 Å². The summed E-state index contributed by atoms with van der Waals surface area (Å²) in [5.41, 5.74) is 2.50. The summed E-state index contributed by atoms with van der Waals surface area (Å²) in [7, 11) is 3.55. The van der Waals surface area contributed by atoms with Crippen LogP contribution in [0.2, 0.25) is 0 Å². The third-order valence-corrected chi connectivity index (χ3v) is 5.12. The number of ether oxygens (including phenoxy) is 3. The summed E-state index contributed by atoms with van der Waals surface area (Å²) in [4.78, 5) is 11.2. The fraction of sp³-hybridized carbons (Fsp3) is 0.261. The van der Waals surface area contributed by atoms with E-state index in [0.29, 0.717) is 47.9 Å². The van der Waals surface area contributed by atoms with Crippen LogP contribution in [-0.4, -0.2) is 41.0 Å². The largest absolute Gasteiger partial charge is 0.493 e. The van der Waals surface area contributed by atoms with Gasteiger partial charge in [-0.05, 0) is 26.1 Å². The summed E-state index contributed by atoms with van der Waals surface area (Å²) >= 11 is 0. The average Bonchev–Trinajstić information content (AvgIpc) is 3.54. The minimum absolute atomic E-state index is 0.164. The van der Waals surface area contributed by atoms with Crippen LogP contribution in [0.5, 0.6) is 17.2 Å². The molecule has 3 heterocycles. The van der Waals surface area contributed by atoms with Crippen molar-refractivity contribution in [3.8, 4) is 40.1 Å². The summed E-state index contributed by atoms with van der Waals surface area (Å²) in [6.07, 6.45) is 0. The van der Waals surface area contributed by atoms with Gasteiger partial charge in [-0.1, -0.05) is 35.5 Å². The predicted octanol–water partition coefficient (Wildman–Crippen LogP) is 4.07. The zero-order valence-corrected chi connectivity index (χ0v) is 18.0. The number of oxazole rings is 1. The molecule has 0 unspecified atom stereocenters. The van der Waals surface area contributed by atoms with E-state index in [0.717, 1.165) is 22.6 Å². The van der Waals surface area contributed by atoms with E-state index in [1.807, 2.05) is 61.3 Å². The lowest BCUT2D eigenvalue weighted by atomic mass is 10.2. The highest BCUT2D eigenvalue weighted by Gasteiger charge is 2.23. The van der Waals surface area contributed by atoms with Crippen molar-refractivity contribution in [2.24, 2.45) is 0 Å². The third kappa shape index (κ3) is 3.90. The zero-order valence-electron chi connectivity index (χ0n) is 18.0. The highest BCUT2D eigenvalue weighted by molar-refractivity contribution is 5.66. The highest BCUT2D eigenvalue weighted by Crippen LogP contribution is 2.44. The highest BCUT2D eigenvalue weighted by atomic mass is 16.7. The molecule has 5 rings (SSSR count). The van der Waals surface area contributed by atoms with Gasteiger partial charge >= 0.3 is 0 Å². The molecule has 0 fully saturated rings. The molecule has 0 saturated carbocycles. The smallest absolute Gasteiger partial charge is 0.241 e. The maximum atomic E-state index is 5.93. The van der Waals surface area contributed by atoms with Crippen molar-refractivity contribution in [1.82, 2.24) is 20.0 Å². The standard InChI is InChI=1S/C23H22N4O5/c1-14-17(11-27(2)12-20-25-22(26-32-20)15-7-5-4-6-8-15)24-23(31-14)16-9-18(28-3)21-19(10-16)29-13-30-21/h4-10H,11-13H2,1-3H3. The van der Waals surface area contributed by atoms with Crippen molar-refractivity contribution < 1.29 is 23.2 Å². The second kappa shape index (κ2) is 8.35. The number of fused-ring (bicyclic) bond motifs is 1. The molecule has 0 aliphatic carbocycles. The van der Waals surface area contributed by atoms with Crippen LogP contribution >= 0.6 is 0 Å². The van der Waals surface area contributed by atoms with Gasteiger partial charge in [0.2, 0.25) is 30.1 Å². The number of benzene rings is 2. The SMILES string of the molecule is COc1cc(-c2nc(CN(C)Cc3nc(-c4ccccc4)no3)c(C)o2)cc2c1OCO2. The zero-order chi connectivity index (χ0) is 22.1. The number of aryl methyl sites for hydroxylation is 1. The maximum absolute atomic E-state index is 5.93. The Morgan fingerprint density at radius 3 is 2.69 bits per heavy atom. The van der Waals surface area contributed by atoms with Gasteiger partial charge in [0, 0.05) is 17.7 Å². The molecule has 4 aromatic rings. The Morgan fingerprint density at radius 1 is 1.03 bits per heavy atom. The van der Waals surface area contributed by atoms with Gasteiger partial charge in [0.15, 0.2) is 11.5 Å². The topological polar surface area (TPSA) is 95.9 Å². The Bertz CT molecular complexity index is 1230. The number of aromatic nitrogens is 3. The Kier molecular flexibility index (Phi) is 5.24. The number of hydrogen-bond donors (Lipinski definition) is 0. The number of rotatable bonds is 7. The Balaban J connectivity index is 1.30.